The Hall–Kier alpha value is -3.16. The van der Waals surface area contributed by atoms with Gasteiger partial charge in [-0.25, -0.2) is 19.2 Å². The average molecular weight is 507 g/mol. The highest BCUT2D eigenvalue weighted by molar-refractivity contribution is 6.03. The van der Waals surface area contributed by atoms with Gasteiger partial charge in [-0.3, -0.25) is 0 Å². The van der Waals surface area contributed by atoms with E-state index in [9.17, 15) is 19.2 Å². The number of hydrogen-bond donors (Lipinski definition) is 2. The van der Waals surface area contributed by atoms with Crippen LogP contribution in [0.25, 0.3) is 0 Å². The SMILES string of the molecule is CCCC/C(C(=O)O)=C(\CCCC)C(=O)O.CCCCOC(=O)c1ccccc1C(=O)OCCCC. The first-order chi connectivity index (χ1) is 17.2. The third kappa shape index (κ3) is 13.1. The number of aliphatic carboxylic acids is 2. The Morgan fingerprint density at radius 2 is 0.944 bits per heavy atom. The normalized spacial score (nSPS) is 11.0. The Morgan fingerprint density at radius 3 is 1.22 bits per heavy atom. The Morgan fingerprint density at radius 1 is 0.611 bits per heavy atom. The number of ether oxygens (including phenoxy) is 2. The maximum absolute atomic E-state index is 11.9. The molecule has 1 aromatic carbocycles. The van der Waals surface area contributed by atoms with Crippen LogP contribution in [0.4, 0.5) is 0 Å². The second-order valence-corrected chi connectivity index (χ2v) is 8.30. The van der Waals surface area contributed by atoms with Gasteiger partial charge in [0, 0.05) is 11.1 Å². The van der Waals surface area contributed by atoms with Crippen LogP contribution in [0.3, 0.4) is 0 Å². The molecular weight excluding hydrogens is 464 g/mol. The first kappa shape index (κ1) is 32.8. The lowest BCUT2D eigenvalue weighted by molar-refractivity contribution is -0.136. The fourth-order valence-corrected chi connectivity index (χ4v) is 3.09. The third-order valence-electron chi connectivity index (χ3n) is 5.27. The molecule has 0 saturated heterocycles. The molecule has 0 spiro atoms. The highest BCUT2D eigenvalue weighted by Crippen LogP contribution is 2.19. The van der Waals surface area contributed by atoms with Crippen LogP contribution < -0.4 is 0 Å². The van der Waals surface area contributed by atoms with Gasteiger partial charge in [0.05, 0.1) is 24.3 Å². The zero-order chi connectivity index (χ0) is 27.3. The molecular formula is C28H42O8. The number of carbonyl (C=O) groups is 4. The van der Waals surface area contributed by atoms with Crippen LogP contribution in [0.15, 0.2) is 35.4 Å². The summed E-state index contributed by atoms with van der Waals surface area (Å²) >= 11 is 0. The molecule has 0 atom stereocenters. The second-order valence-electron chi connectivity index (χ2n) is 8.30. The van der Waals surface area contributed by atoms with E-state index >= 15 is 0 Å². The van der Waals surface area contributed by atoms with E-state index in [2.05, 4.69) is 0 Å². The van der Waals surface area contributed by atoms with Gasteiger partial charge in [-0.05, 0) is 50.7 Å². The number of carboxylic acids is 2. The highest BCUT2D eigenvalue weighted by atomic mass is 16.5. The molecule has 36 heavy (non-hydrogen) atoms. The summed E-state index contributed by atoms with van der Waals surface area (Å²) in [6, 6.07) is 6.59. The molecule has 0 unspecified atom stereocenters. The summed E-state index contributed by atoms with van der Waals surface area (Å²) in [4.78, 5) is 45.9. The van der Waals surface area contributed by atoms with E-state index in [1.165, 1.54) is 0 Å². The van der Waals surface area contributed by atoms with Crippen LogP contribution in [0.2, 0.25) is 0 Å². The van der Waals surface area contributed by atoms with E-state index in [4.69, 9.17) is 19.7 Å². The van der Waals surface area contributed by atoms with E-state index in [1.807, 2.05) is 27.7 Å². The minimum Gasteiger partial charge on any atom is -0.478 e. The summed E-state index contributed by atoms with van der Waals surface area (Å²) < 4.78 is 10.3. The molecule has 1 aromatic rings. The maximum Gasteiger partial charge on any atom is 0.339 e. The molecule has 0 radical (unpaired) electrons. The van der Waals surface area contributed by atoms with Crippen LogP contribution >= 0.6 is 0 Å². The van der Waals surface area contributed by atoms with E-state index in [0.717, 1.165) is 38.5 Å². The molecule has 0 saturated carbocycles. The van der Waals surface area contributed by atoms with Gasteiger partial charge in [0.25, 0.3) is 0 Å². The average Bonchev–Trinajstić information content (AvgIpc) is 2.86. The lowest BCUT2D eigenvalue weighted by atomic mass is 9.98. The van der Waals surface area contributed by atoms with Crippen LogP contribution in [0.1, 0.15) is 113 Å². The van der Waals surface area contributed by atoms with Crippen molar-refractivity contribution in [1.29, 1.82) is 0 Å². The van der Waals surface area contributed by atoms with E-state index in [0.29, 0.717) is 38.9 Å². The summed E-state index contributed by atoms with van der Waals surface area (Å²) in [6.45, 7) is 8.68. The van der Waals surface area contributed by atoms with E-state index < -0.39 is 23.9 Å². The van der Waals surface area contributed by atoms with Gasteiger partial charge in [0.1, 0.15) is 0 Å². The van der Waals surface area contributed by atoms with E-state index in [-0.39, 0.29) is 22.3 Å². The third-order valence-corrected chi connectivity index (χ3v) is 5.27. The molecule has 0 aromatic heterocycles. The Balaban J connectivity index is 0.000000700. The minimum absolute atomic E-state index is 0.0720. The molecule has 0 fully saturated rings. The molecule has 0 aliphatic heterocycles. The maximum atomic E-state index is 11.9. The zero-order valence-corrected chi connectivity index (χ0v) is 22.1. The highest BCUT2D eigenvalue weighted by Gasteiger charge is 2.19. The first-order valence-corrected chi connectivity index (χ1v) is 12.9. The lowest BCUT2D eigenvalue weighted by Gasteiger charge is -2.09. The summed E-state index contributed by atoms with van der Waals surface area (Å²) in [5.41, 5.74) is 0.681. The smallest absolute Gasteiger partial charge is 0.339 e. The van der Waals surface area contributed by atoms with Crippen molar-refractivity contribution < 1.29 is 38.9 Å². The van der Waals surface area contributed by atoms with Crippen LogP contribution in [0, 0.1) is 0 Å². The fraction of sp³-hybridized carbons (Fsp3) is 0.571. The van der Waals surface area contributed by atoms with E-state index in [1.54, 1.807) is 24.3 Å². The van der Waals surface area contributed by atoms with Gasteiger partial charge in [-0.1, -0.05) is 65.5 Å². The molecule has 202 valence electrons. The predicted octanol–water partition coefficient (Wildman–Crippen LogP) is 6.43. The van der Waals surface area contributed by atoms with Crippen LogP contribution in [0.5, 0.6) is 0 Å². The van der Waals surface area contributed by atoms with Crippen molar-refractivity contribution in [3.8, 4) is 0 Å². The molecule has 0 bridgehead atoms. The van der Waals surface area contributed by atoms with Gasteiger partial charge >= 0.3 is 23.9 Å². The first-order valence-electron chi connectivity index (χ1n) is 12.9. The van der Waals surface area contributed by atoms with Gasteiger partial charge in [0.15, 0.2) is 0 Å². The number of carbonyl (C=O) groups excluding carboxylic acids is 2. The molecule has 0 aliphatic carbocycles. The Labute approximate surface area is 214 Å². The lowest BCUT2D eigenvalue weighted by Crippen LogP contribution is -2.14. The van der Waals surface area contributed by atoms with Crippen molar-refractivity contribution in [2.75, 3.05) is 13.2 Å². The molecule has 2 N–H and O–H groups in total. The number of unbranched alkanes of at least 4 members (excludes halogenated alkanes) is 4. The van der Waals surface area contributed by atoms with Gasteiger partial charge in [-0.2, -0.15) is 0 Å². The van der Waals surface area contributed by atoms with Crippen molar-refractivity contribution in [2.24, 2.45) is 0 Å². The minimum atomic E-state index is -1.10. The van der Waals surface area contributed by atoms with Gasteiger partial charge in [-0.15, -0.1) is 0 Å². The number of esters is 2. The van der Waals surface area contributed by atoms with Crippen molar-refractivity contribution in [3.05, 3.63) is 46.5 Å². The number of benzene rings is 1. The van der Waals surface area contributed by atoms with Crippen LogP contribution in [-0.2, 0) is 19.1 Å². The molecule has 0 heterocycles. The summed E-state index contributed by atoms with van der Waals surface area (Å²) in [5, 5.41) is 18.0. The van der Waals surface area contributed by atoms with Gasteiger partial charge in [0.2, 0.25) is 0 Å². The van der Waals surface area contributed by atoms with Gasteiger partial charge < -0.3 is 19.7 Å². The van der Waals surface area contributed by atoms with Crippen molar-refractivity contribution in [1.82, 2.24) is 0 Å². The standard InChI is InChI=1S/C16H22O4.C12H20O4/c1-3-5-11-19-15(17)13-9-7-8-10-14(13)16(18)20-12-6-4-2;1-3-5-7-9(11(13)14)10(12(15)16)8-6-4-2/h7-10H,3-6,11-12H2,1-2H3;3-8H2,1-2H3,(H,13,14)(H,15,16)/b;10-9-. The molecule has 1 rings (SSSR count). The van der Waals surface area contributed by atoms with Crippen molar-refractivity contribution in [3.63, 3.8) is 0 Å². The predicted molar refractivity (Wildman–Crippen MR) is 138 cm³/mol. The second kappa shape index (κ2) is 20.1. The van der Waals surface area contributed by atoms with Crippen molar-refractivity contribution >= 4 is 23.9 Å². The largest absolute Gasteiger partial charge is 0.478 e. The molecule has 0 aliphatic rings. The summed E-state index contributed by atoms with van der Waals surface area (Å²) in [5.74, 6) is -3.13. The Kier molecular flexibility index (Phi) is 18.3. The molecule has 0 amide bonds. The fourth-order valence-electron chi connectivity index (χ4n) is 3.09. The zero-order valence-electron chi connectivity index (χ0n) is 22.1. The summed E-state index contributed by atoms with van der Waals surface area (Å²) in [7, 11) is 0. The van der Waals surface area contributed by atoms with Crippen molar-refractivity contribution in [2.45, 2.75) is 91.9 Å². The van der Waals surface area contributed by atoms with Crippen LogP contribution in [-0.4, -0.2) is 47.3 Å². The number of rotatable bonds is 16. The number of hydrogen-bond acceptors (Lipinski definition) is 6. The Bertz CT molecular complexity index is 788. The molecule has 8 heteroatoms. The topological polar surface area (TPSA) is 127 Å². The summed E-state index contributed by atoms with van der Waals surface area (Å²) in [6.07, 6.45) is 7.37. The quantitative estimate of drug-likeness (QED) is 0.149. The monoisotopic (exact) mass is 506 g/mol. The number of carboxylic acid groups (broad SMARTS) is 2. The molecule has 8 nitrogen and oxygen atoms in total.